The lowest BCUT2D eigenvalue weighted by molar-refractivity contribution is 0.938. The van der Waals surface area contributed by atoms with Crippen molar-refractivity contribution >= 4 is 5.82 Å². The van der Waals surface area contributed by atoms with Gasteiger partial charge in [0.05, 0.1) is 0 Å². The lowest BCUT2D eigenvalue weighted by Crippen LogP contribution is -2.09. The first-order chi connectivity index (χ1) is 9.26. The molecule has 19 heavy (non-hydrogen) atoms. The summed E-state index contributed by atoms with van der Waals surface area (Å²) in [6.07, 6.45) is 5.57. The van der Waals surface area contributed by atoms with Gasteiger partial charge in [-0.05, 0) is 31.9 Å². The summed E-state index contributed by atoms with van der Waals surface area (Å²) in [4.78, 5) is 13.4. The largest absolute Gasteiger partial charge is 0.370 e. The van der Waals surface area contributed by atoms with Crippen molar-refractivity contribution in [3.63, 3.8) is 0 Å². The molecule has 2 heterocycles. The third-order valence-corrected chi connectivity index (χ3v) is 3.03. The minimum Gasteiger partial charge on any atom is -0.370 e. The Morgan fingerprint density at radius 3 is 2.68 bits per heavy atom. The molecule has 0 atom stereocenters. The van der Waals surface area contributed by atoms with Gasteiger partial charge < -0.3 is 5.32 Å². The minimum absolute atomic E-state index is 0.737. The maximum atomic E-state index is 4.65. The standard InChI is InChI=1S/C15H20N4/c1-4-8-17-15-13(5-2)11(3)18-14(19-15)12-7-6-9-16-10-12/h6-7,9-10H,4-5,8H2,1-3H3,(H,17,18,19). The number of rotatable bonds is 5. The van der Waals surface area contributed by atoms with Crippen LogP contribution in [0.4, 0.5) is 5.82 Å². The Balaban J connectivity index is 2.44. The van der Waals surface area contributed by atoms with E-state index in [9.17, 15) is 0 Å². The van der Waals surface area contributed by atoms with Crippen LogP contribution in [-0.2, 0) is 6.42 Å². The second kappa shape index (κ2) is 6.27. The van der Waals surface area contributed by atoms with Gasteiger partial charge in [-0.2, -0.15) is 0 Å². The molecule has 0 fully saturated rings. The maximum Gasteiger partial charge on any atom is 0.163 e. The van der Waals surface area contributed by atoms with Gasteiger partial charge in [-0.3, -0.25) is 4.98 Å². The molecule has 1 N–H and O–H groups in total. The second-order valence-corrected chi connectivity index (χ2v) is 4.48. The molecule has 4 heteroatoms. The second-order valence-electron chi connectivity index (χ2n) is 4.48. The van der Waals surface area contributed by atoms with Gasteiger partial charge in [-0.15, -0.1) is 0 Å². The monoisotopic (exact) mass is 256 g/mol. The fourth-order valence-electron chi connectivity index (χ4n) is 2.03. The van der Waals surface area contributed by atoms with Gasteiger partial charge in [-0.1, -0.05) is 13.8 Å². The smallest absolute Gasteiger partial charge is 0.163 e. The Kier molecular flexibility index (Phi) is 4.44. The van der Waals surface area contributed by atoms with E-state index in [2.05, 4.69) is 34.1 Å². The van der Waals surface area contributed by atoms with Gasteiger partial charge in [0, 0.05) is 35.8 Å². The molecule has 2 aromatic heterocycles. The van der Waals surface area contributed by atoms with Crippen LogP contribution < -0.4 is 5.32 Å². The van der Waals surface area contributed by atoms with E-state index in [4.69, 9.17) is 0 Å². The first kappa shape index (κ1) is 13.5. The summed E-state index contributed by atoms with van der Waals surface area (Å²) in [5.74, 6) is 1.69. The Bertz CT molecular complexity index is 537. The highest BCUT2D eigenvalue weighted by atomic mass is 15.0. The van der Waals surface area contributed by atoms with E-state index in [0.717, 1.165) is 42.3 Å². The molecule has 100 valence electrons. The van der Waals surface area contributed by atoms with E-state index in [-0.39, 0.29) is 0 Å². The van der Waals surface area contributed by atoms with Crippen LogP contribution in [0.15, 0.2) is 24.5 Å². The van der Waals surface area contributed by atoms with Gasteiger partial charge in [0.25, 0.3) is 0 Å². The molecule has 0 saturated carbocycles. The van der Waals surface area contributed by atoms with Gasteiger partial charge in [0.2, 0.25) is 0 Å². The number of hydrogen-bond acceptors (Lipinski definition) is 4. The van der Waals surface area contributed by atoms with Gasteiger partial charge in [0.1, 0.15) is 5.82 Å². The molecule has 0 aliphatic rings. The molecule has 0 spiro atoms. The average Bonchev–Trinajstić information content (AvgIpc) is 2.45. The molecule has 0 unspecified atom stereocenters. The average molecular weight is 256 g/mol. The van der Waals surface area contributed by atoms with Crippen LogP contribution in [0.2, 0.25) is 0 Å². The third-order valence-electron chi connectivity index (χ3n) is 3.03. The molecule has 0 aliphatic heterocycles. The molecule has 2 rings (SSSR count). The normalized spacial score (nSPS) is 10.5. The zero-order valence-electron chi connectivity index (χ0n) is 11.8. The Morgan fingerprint density at radius 1 is 1.21 bits per heavy atom. The van der Waals surface area contributed by atoms with Crippen molar-refractivity contribution in [1.29, 1.82) is 0 Å². The first-order valence-corrected chi connectivity index (χ1v) is 6.78. The SMILES string of the molecule is CCCNc1nc(-c2cccnc2)nc(C)c1CC. The van der Waals surface area contributed by atoms with Crippen molar-refractivity contribution in [2.75, 3.05) is 11.9 Å². The van der Waals surface area contributed by atoms with Crippen LogP contribution in [0.5, 0.6) is 0 Å². The van der Waals surface area contributed by atoms with E-state index in [1.165, 1.54) is 5.56 Å². The number of nitrogens with zero attached hydrogens (tertiary/aromatic N) is 3. The molecule has 0 aromatic carbocycles. The third kappa shape index (κ3) is 3.08. The quantitative estimate of drug-likeness (QED) is 0.892. The van der Waals surface area contributed by atoms with Crippen LogP contribution in [0.1, 0.15) is 31.5 Å². The minimum atomic E-state index is 0.737. The number of aromatic nitrogens is 3. The highest BCUT2D eigenvalue weighted by molar-refractivity contribution is 5.58. The van der Waals surface area contributed by atoms with E-state index in [1.54, 1.807) is 12.4 Å². The number of hydrogen-bond donors (Lipinski definition) is 1. The van der Waals surface area contributed by atoms with E-state index < -0.39 is 0 Å². The van der Waals surface area contributed by atoms with Gasteiger partial charge >= 0.3 is 0 Å². The van der Waals surface area contributed by atoms with Crippen molar-refractivity contribution in [1.82, 2.24) is 15.0 Å². The Labute approximate surface area is 114 Å². The van der Waals surface area contributed by atoms with Crippen molar-refractivity contribution in [2.24, 2.45) is 0 Å². The number of aryl methyl sites for hydroxylation is 1. The van der Waals surface area contributed by atoms with Crippen LogP contribution in [0.3, 0.4) is 0 Å². The molecule has 0 radical (unpaired) electrons. The van der Waals surface area contributed by atoms with E-state index >= 15 is 0 Å². The lowest BCUT2D eigenvalue weighted by atomic mass is 10.1. The predicted molar refractivity (Wildman–Crippen MR) is 78.2 cm³/mol. The summed E-state index contributed by atoms with van der Waals surface area (Å²) in [6.45, 7) is 7.24. The molecule has 0 bridgehead atoms. The predicted octanol–water partition coefficient (Wildman–Crippen LogP) is 3.23. The van der Waals surface area contributed by atoms with E-state index in [1.807, 2.05) is 19.1 Å². The summed E-state index contributed by atoms with van der Waals surface area (Å²) in [5, 5.41) is 3.39. The molecule has 0 aliphatic carbocycles. The van der Waals surface area contributed by atoms with Crippen LogP contribution in [0, 0.1) is 6.92 Å². The van der Waals surface area contributed by atoms with Crippen LogP contribution in [-0.4, -0.2) is 21.5 Å². The summed E-state index contributed by atoms with van der Waals surface area (Å²) < 4.78 is 0. The van der Waals surface area contributed by atoms with Gasteiger partial charge in [0.15, 0.2) is 5.82 Å². The molecule has 0 amide bonds. The number of nitrogens with one attached hydrogen (secondary N) is 1. The van der Waals surface area contributed by atoms with Crippen molar-refractivity contribution in [3.8, 4) is 11.4 Å². The van der Waals surface area contributed by atoms with Crippen LogP contribution in [0.25, 0.3) is 11.4 Å². The number of anilines is 1. The first-order valence-electron chi connectivity index (χ1n) is 6.78. The summed E-state index contributed by atoms with van der Waals surface area (Å²) in [6, 6.07) is 3.89. The summed E-state index contributed by atoms with van der Waals surface area (Å²) >= 11 is 0. The summed E-state index contributed by atoms with van der Waals surface area (Å²) in [7, 11) is 0. The number of pyridine rings is 1. The molecule has 2 aromatic rings. The lowest BCUT2D eigenvalue weighted by Gasteiger charge is -2.13. The fourth-order valence-corrected chi connectivity index (χ4v) is 2.03. The molecule has 4 nitrogen and oxygen atoms in total. The Hall–Kier alpha value is -1.97. The van der Waals surface area contributed by atoms with Crippen molar-refractivity contribution < 1.29 is 0 Å². The van der Waals surface area contributed by atoms with Crippen LogP contribution >= 0.6 is 0 Å². The van der Waals surface area contributed by atoms with Crippen molar-refractivity contribution in [3.05, 3.63) is 35.8 Å². The maximum absolute atomic E-state index is 4.65. The highest BCUT2D eigenvalue weighted by Crippen LogP contribution is 2.22. The van der Waals surface area contributed by atoms with Crippen molar-refractivity contribution in [2.45, 2.75) is 33.6 Å². The topological polar surface area (TPSA) is 50.7 Å². The van der Waals surface area contributed by atoms with E-state index in [0.29, 0.717) is 0 Å². The van der Waals surface area contributed by atoms with Gasteiger partial charge in [-0.25, -0.2) is 9.97 Å². The fraction of sp³-hybridized carbons (Fsp3) is 0.400. The zero-order chi connectivity index (χ0) is 13.7. The molecule has 0 saturated heterocycles. The molecular weight excluding hydrogens is 236 g/mol. The summed E-state index contributed by atoms with van der Waals surface area (Å²) in [5.41, 5.74) is 3.18. The highest BCUT2D eigenvalue weighted by Gasteiger charge is 2.11. The zero-order valence-corrected chi connectivity index (χ0v) is 11.8. The molecular formula is C15H20N4. The Morgan fingerprint density at radius 2 is 2.05 bits per heavy atom.